The minimum atomic E-state index is -0.431. The number of thiophene rings is 2. The third-order valence-corrected chi connectivity index (χ3v) is 8.55. The first-order chi connectivity index (χ1) is 15.2. The van der Waals surface area contributed by atoms with Gasteiger partial charge in [0.25, 0.3) is 23.6 Å². The Morgan fingerprint density at radius 3 is 1.84 bits per heavy atom. The molecule has 8 heteroatoms. The average molecular weight is 461 g/mol. The molecule has 0 aliphatic carbocycles. The lowest BCUT2D eigenvalue weighted by atomic mass is 9.81. The highest BCUT2D eigenvalue weighted by atomic mass is 32.1. The van der Waals surface area contributed by atoms with Gasteiger partial charge >= 0.3 is 0 Å². The summed E-state index contributed by atoms with van der Waals surface area (Å²) in [6, 6.07) is 7.52. The average Bonchev–Trinajstić information content (AvgIpc) is 3.30. The molecule has 0 spiro atoms. The van der Waals surface area contributed by atoms with Crippen LogP contribution in [0.1, 0.15) is 51.9 Å². The van der Waals surface area contributed by atoms with Gasteiger partial charge in [0, 0.05) is 60.7 Å². The molecule has 0 atom stereocenters. The van der Waals surface area contributed by atoms with Crippen LogP contribution in [0, 0.1) is 13.8 Å². The topological polar surface area (TPSA) is 74.8 Å². The van der Waals surface area contributed by atoms with Gasteiger partial charge in [0.05, 0.1) is 11.1 Å². The van der Waals surface area contributed by atoms with Crippen molar-refractivity contribution < 1.29 is 19.2 Å². The first-order valence-electron chi connectivity index (χ1n) is 9.98. The normalized spacial score (nSPS) is 15.6. The van der Waals surface area contributed by atoms with Crippen molar-refractivity contribution in [2.45, 2.75) is 13.8 Å². The fraction of sp³-hybridized carbons (Fsp3) is 0.167. The first kappa shape index (κ1) is 19.3. The summed E-state index contributed by atoms with van der Waals surface area (Å²) in [5, 5.41) is 0.824. The highest BCUT2D eigenvalue weighted by molar-refractivity contribution is 7.29. The summed E-state index contributed by atoms with van der Waals surface area (Å²) in [5.41, 5.74) is 2.68. The summed E-state index contributed by atoms with van der Waals surface area (Å²) < 4.78 is 2.22. The Kier molecular flexibility index (Phi) is 3.69. The highest BCUT2D eigenvalue weighted by Crippen LogP contribution is 2.46. The number of nitrogens with zero attached hydrogens (tertiary/aromatic N) is 2. The van der Waals surface area contributed by atoms with Gasteiger partial charge in [-0.15, -0.1) is 22.7 Å². The zero-order valence-electron chi connectivity index (χ0n) is 17.7. The van der Waals surface area contributed by atoms with Gasteiger partial charge in [-0.25, -0.2) is 0 Å². The summed E-state index contributed by atoms with van der Waals surface area (Å²) in [6.07, 6.45) is 0. The third kappa shape index (κ3) is 2.23. The van der Waals surface area contributed by atoms with Crippen molar-refractivity contribution in [2.24, 2.45) is 0 Å². The predicted molar refractivity (Wildman–Crippen MR) is 125 cm³/mol. The first-order valence-corrected chi connectivity index (χ1v) is 11.6. The minimum Gasteiger partial charge on any atom is -0.277 e. The maximum atomic E-state index is 13.4. The van der Waals surface area contributed by atoms with Crippen molar-refractivity contribution in [3.05, 3.63) is 57.0 Å². The Bertz CT molecular complexity index is 1580. The van der Waals surface area contributed by atoms with E-state index < -0.39 is 23.6 Å². The Balaban J connectivity index is 1.83. The second kappa shape index (κ2) is 6.11. The van der Waals surface area contributed by atoms with E-state index in [1.165, 1.54) is 19.0 Å². The number of aryl methyl sites for hydroxylation is 2. The summed E-state index contributed by atoms with van der Waals surface area (Å²) >= 11 is 3.22. The lowest BCUT2D eigenvalue weighted by molar-refractivity contribution is 0.0629. The minimum absolute atomic E-state index is 0.346. The summed E-state index contributed by atoms with van der Waals surface area (Å²) in [6.45, 7) is 3.80. The lowest BCUT2D eigenvalue weighted by Gasteiger charge is -2.31. The molecule has 0 radical (unpaired) electrons. The van der Waals surface area contributed by atoms with Crippen LogP contribution in [0.3, 0.4) is 0 Å². The summed E-state index contributed by atoms with van der Waals surface area (Å²) in [7, 11) is 2.92. The van der Waals surface area contributed by atoms with Crippen LogP contribution in [0.25, 0.3) is 30.6 Å². The molecule has 2 aliphatic rings. The molecule has 0 unspecified atom stereocenters. The van der Waals surface area contributed by atoms with Gasteiger partial charge in [0.2, 0.25) is 0 Å². The van der Waals surface area contributed by atoms with E-state index in [1.807, 2.05) is 13.0 Å². The van der Waals surface area contributed by atoms with Crippen molar-refractivity contribution in [3.63, 3.8) is 0 Å². The van der Waals surface area contributed by atoms with Gasteiger partial charge in [-0.3, -0.25) is 29.0 Å². The Morgan fingerprint density at radius 2 is 1.19 bits per heavy atom. The maximum absolute atomic E-state index is 13.4. The molecule has 4 amide bonds. The van der Waals surface area contributed by atoms with E-state index in [0.717, 1.165) is 24.1 Å². The van der Waals surface area contributed by atoms with Crippen LogP contribution in [0.5, 0.6) is 0 Å². The van der Waals surface area contributed by atoms with Gasteiger partial charge < -0.3 is 0 Å². The van der Waals surface area contributed by atoms with E-state index in [9.17, 15) is 19.2 Å². The van der Waals surface area contributed by atoms with Crippen LogP contribution >= 0.6 is 22.7 Å². The number of hydrogen-bond acceptors (Lipinski definition) is 6. The lowest BCUT2D eigenvalue weighted by Crippen LogP contribution is -2.41. The van der Waals surface area contributed by atoms with Gasteiger partial charge in [-0.1, -0.05) is 0 Å². The molecule has 32 heavy (non-hydrogen) atoms. The molecule has 0 fully saturated rings. The van der Waals surface area contributed by atoms with E-state index in [1.54, 1.807) is 41.7 Å². The van der Waals surface area contributed by atoms with E-state index in [-0.39, 0.29) is 0 Å². The van der Waals surface area contributed by atoms with Crippen LogP contribution in [0.4, 0.5) is 0 Å². The molecule has 4 heterocycles. The van der Waals surface area contributed by atoms with Crippen molar-refractivity contribution >= 4 is 66.5 Å². The number of amides is 4. The Morgan fingerprint density at radius 1 is 0.625 bits per heavy atom. The maximum Gasteiger partial charge on any atom is 0.261 e. The number of benzene rings is 2. The summed E-state index contributed by atoms with van der Waals surface area (Å²) in [5.74, 6) is -1.71. The Labute approximate surface area is 190 Å². The highest BCUT2D eigenvalue weighted by Gasteiger charge is 2.40. The van der Waals surface area contributed by atoms with Gasteiger partial charge in [-0.05, 0) is 43.7 Å². The molecule has 2 aliphatic heterocycles. The number of fused-ring (bicyclic) bond motifs is 1. The van der Waals surface area contributed by atoms with E-state index >= 15 is 0 Å². The largest absolute Gasteiger partial charge is 0.277 e. The smallest absolute Gasteiger partial charge is 0.261 e. The van der Waals surface area contributed by atoms with Crippen molar-refractivity contribution in [1.29, 1.82) is 0 Å². The molecular formula is C24H16N2O4S2. The van der Waals surface area contributed by atoms with Gasteiger partial charge in [0.1, 0.15) is 0 Å². The second-order valence-corrected chi connectivity index (χ2v) is 10.6. The molecule has 2 aromatic heterocycles. The van der Waals surface area contributed by atoms with E-state index in [2.05, 4.69) is 6.07 Å². The number of hydrogen-bond donors (Lipinski definition) is 0. The SMILES string of the molecule is Cc1cc2sc(-c3cc4c5c(c(C)cc6c5c3C(=O)N(C)C6=O)C(=O)N(C)C4=O)cc2s1. The molecule has 0 bridgehead atoms. The molecule has 0 saturated carbocycles. The van der Waals surface area contributed by atoms with Crippen LogP contribution < -0.4 is 0 Å². The molecule has 0 N–H and O–H groups in total. The quantitative estimate of drug-likeness (QED) is 0.381. The zero-order valence-corrected chi connectivity index (χ0v) is 19.3. The number of imide groups is 2. The van der Waals surface area contributed by atoms with E-state index in [0.29, 0.717) is 44.2 Å². The Hall–Kier alpha value is -3.36. The third-order valence-electron chi connectivity index (χ3n) is 6.30. The van der Waals surface area contributed by atoms with Gasteiger partial charge in [-0.2, -0.15) is 0 Å². The number of carbonyl (C=O) groups is 4. The van der Waals surface area contributed by atoms with Crippen molar-refractivity contribution in [2.75, 3.05) is 14.1 Å². The molecule has 158 valence electrons. The second-order valence-electron chi connectivity index (χ2n) is 8.25. The van der Waals surface area contributed by atoms with E-state index in [4.69, 9.17) is 0 Å². The van der Waals surface area contributed by atoms with Crippen LogP contribution in [-0.2, 0) is 0 Å². The summed E-state index contributed by atoms with van der Waals surface area (Å²) in [4.78, 5) is 56.8. The van der Waals surface area contributed by atoms with Gasteiger partial charge in [0.15, 0.2) is 0 Å². The van der Waals surface area contributed by atoms with Crippen LogP contribution in [-0.4, -0.2) is 47.5 Å². The van der Waals surface area contributed by atoms with Crippen LogP contribution in [0.15, 0.2) is 24.3 Å². The number of rotatable bonds is 1. The molecule has 4 aromatic rings. The standard InChI is InChI=1S/C24H16N2O4S2/c1-9-5-12-19-18-13(22(28)25(3)23(29)17(9)18)7-11(20(19)24(30)26(4)21(12)27)14-8-16-15(32-14)6-10(2)31-16/h5-8H,1-4H3. The fourth-order valence-electron chi connectivity index (χ4n) is 4.77. The molecule has 6 nitrogen and oxygen atoms in total. The zero-order chi connectivity index (χ0) is 22.6. The van der Waals surface area contributed by atoms with Crippen LogP contribution in [0.2, 0.25) is 0 Å². The predicted octanol–water partition coefficient (Wildman–Crippen LogP) is 4.85. The van der Waals surface area contributed by atoms with Crippen molar-refractivity contribution in [1.82, 2.24) is 9.80 Å². The van der Waals surface area contributed by atoms with Crippen molar-refractivity contribution in [3.8, 4) is 10.4 Å². The monoisotopic (exact) mass is 460 g/mol. The molecule has 0 saturated heterocycles. The molecular weight excluding hydrogens is 444 g/mol. The molecule has 6 rings (SSSR count). The fourth-order valence-corrected chi connectivity index (χ4v) is 7.11. The number of carbonyl (C=O) groups excluding carboxylic acids is 4. The molecule has 2 aromatic carbocycles.